The fraction of sp³-hybridized carbons (Fsp3) is 0.227. The number of nitrogens with one attached hydrogen (secondary N) is 1. The van der Waals surface area contributed by atoms with E-state index in [1.807, 2.05) is 0 Å². The van der Waals surface area contributed by atoms with Gasteiger partial charge in [0.1, 0.15) is 11.5 Å². The predicted molar refractivity (Wildman–Crippen MR) is 120 cm³/mol. The highest BCUT2D eigenvalue weighted by Crippen LogP contribution is 2.37. The van der Waals surface area contributed by atoms with E-state index in [9.17, 15) is 17.6 Å². The zero-order chi connectivity index (χ0) is 22.5. The largest absolute Gasteiger partial charge is 0.324 e. The molecule has 0 bridgehead atoms. The van der Waals surface area contributed by atoms with Crippen LogP contribution in [0.1, 0.15) is 17.5 Å². The molecular weight excluding hydrogens is 433 g/mol. The summed E-state index contributed by atoms with van der Waals surface area (Å²) in [7, 11) is -1.46. The molecule has 1 amide bonds. The molecule has 2 aliphatic heterocycles. The highest BCUT2D eigenvalue weighted by Gasteiger charge is 2.28. The molecule has 0 saturated carbocycles. The van der Waals surface area contributed by atoms with Crippen molar-refractivity contribution in [2.45, 2.75) is 17.9 Å². The standard InChI is InChI=1S/C22H20FN5O3S/c1-27-19-11-24-22(25-16-7-6-14-12-32(30,31)13-15(14)10-16)26-21(19)28(9-8-20(27)29)18-5-3-2-4-17(18)23/h2-7,10-11H,8-9,12-13H2,1H3,(H,24,25,26). The summed E-state index contributed by atoms with van der Waals surface area (Å²) < 4.78 is 38.4. The molecule has 0 unspecified atom stereocenters. The quantitative estimate of drug-likeness (QED) is 0.650. The van der Waals surface area contributed by atoms with E-state index in [0.717, 1.165) is 11.1 Å². The number of benzene rings is 2. The van der Waals surface area contributed by atoms with Crippen LogP contribution in [0.3, 0.4) is 0 Å². The third kappa shape index (κ3) is 3.66. The smallest absolute Gasteiger partial charge is 0.229 e. The zero-order valence-corrected chi connectivity index (χ0v) is 18.1. The molecule has 0 saturated heterocycles. The normalized spacial score (nSPS) is 17.0. The first-order valence-corrected chi connectivity index (χ1v) is 11.9. The van der Waals surface area contributed by atoms with Crippen LogP contribution in [0.25, 0.3) is 0 Å². The second kappa shape index (κ2) is 7.56. The Morgan fingerprint density at radius 2 is 1.84 bits per heavy atom. The van der Waals surface area contributed by atoms with Gasteiger partial charge >= 0.3 is 0 Å². The number of aromatic nitrogens is 2. The molecule has 3 heterocycles. The van der Waals surface area contributed by atoms with Gasteiger partial charge in [0.25, 0.3) is 0 Å². The molecule has 164 valence electrons. The topological polar surface area (TPSA) is 95.5 Å². The van der Waals surface area contributed by atoms with Gasteiger partial charge in [-0.25, -0.2) is 17.8 Å². The van der Waals surface area contributed by atoms with Gasteiger partial charge in [0.05, 0.1) is 23.4 Å². The lowest BCUT2D eigenvalue weighted by atomic mass is 10.1. The Labute approximate surface area is 184 Å². The number of hydrogen-bond acceptors (Lipinski definition) is 7. The molecule has 0 atom stereocenters. The van der Waals surface area contributed by atoms with Crippen LogP contribution < -0.4 is 15.1 Å². The molecule has 1 aromatic heterocycles. The highest BCUT2D eigenvalue weighted by atomic mass is 32.2. The van der Waals surface area contributed by atoms with Gasteiger partial charge in [-0.3, -0.25) is 4.79 Å². The van der Waals surface area contributed by atoms with Crippen molar-refractivity contribution in [1.82, 2.24) is 9.97 Å². The Balaban J connectivity index is 1.53. The SMILES string of the molecule is CN1C(=O)CCN(c2ccccc2F)c2nc(Nc3ccc4c(c3)CS(=O)(=O)C4)ncc21. The lowest BCUT2D eigenvalue weighted by Crippen LogP contribution is -2.25. The monoisotopic (exact) mass is 453 g/mol. The molecule has 0 radical (unpaired) electrons. The minimum Gasteiger partial charge on any atom is -0.324 e. The van der Waals surface area contributed by atoms with Gasteiger partial charge in [-0.15, -0.1) is 0 Å². The van der Waals surface area contributed by atoms with E-state index in [1.165, 1.54) is 17.2 Å². The van der Waals surface area contributed by atoms with Crippen molar-refractivity contribution in [2.75, 3.05) is 28.7 Å². The molecule has 3 aromatic rings. The molecule has 5 rings (SSSR count). The molecule has 0 spiro atoms. The highest BCUT2D eigenvalue weighted by molar-refractivity contribution is 7.90. The molecule has 10 heteroatoms. The number of hydrogen-bond donors (Lipinski definition) is 1. The van der Waals surface area contributed by atoms with Crippen molar-refractivity contribution in [1.29, 1.82) is 0 Å². The van der Waals surface area contributed by atoms with Gasteiger partial charge in [-0.1, -0.05) is 18.2 Å². The van der Waals surface area contributed by atoms with Crippen molar-refractivity contribution in [2.24, 2.45) is 0 Å². The third-order valence-electron chi connectivity index (χ3n) is 5.65. The zero-order valence-electron chi connectivity index (χ0n) is 17.2. The lowest BCUT2D eigenvalue weighted by Gasteiger charge is -2.24. The lowest BCUT2D eigenvalue weighted by molar-refractivity contribution is -0.118. The summed E-state index contributed by atoms with van der Waals surface area (Å²) in [6.45, 7) is 0.268. The Morgan fingerprint density at radius 1 is 1.06 bits per heavy atom. The first kappa shape index (κ1) is 20.4. The van der Waals surface area contributed by atoms with E-state index in [1.54, 1.807) is 48.3 Å². The van der Waals surface area contributed by atoms with Crippen LogP contribution in [0, 0.1) is 5.82 Å². The minimum absolute atomic E-state index is 0.0108. The van der Waals surface area contributed by atoms with Gasteiger partial charge in [-0.2, -0.15) is 4.98 Å². The van der Waals surface area contributed by atoms with Crippen LogP contribution in [0.5, 0.6) is 0 Å². The molecule has 2 aliphatic rings. The van der Waals surface area contributed by atoms with Crippen LogP contribution in [-0.4, -0.2) is 37.9 Å². The van der Waals surface area contributed by atoms with Crippen molar-refractivity contribution in [3.63, 3.8) is 0 Å². The number of nitrogens with zero attached hydrogens (tertiary/aromatic N) is 4. The van der Waals surface area contributed by atoms with Gasteiger partial charge < -0.3 is 15.1 Å². The average molecular weight is 453 g/mol. The third-order valence-corrected chi connectivity index (χ3v) is 7.15. The number of halogens is 1. The second-order valence-corrected chi connectivity index (χ2v) is 9.91. The van der Waals surface area contributed by atoms with Crippen molar-refractivity contribution in [3.05, 3.63) is 65.6 Å². The van der Waals surface area contributed by atoms with Crippen molar-refractivity contribution >= 4 is 44.6 Å². The van der Waals surface area contributed by atoms with Crippen LogP contribution in [0.15, 0.2) is 48.7 Å². The van der Waals surface area contributed by atoms with Gasteiger partial charge in [0, 0.05) is 25.7 Å². The summed E-state index contributed by atoms with van der Waals surface area (Å²) in [4.78, 5) is 24.5. The molecular formula is C22H20FN5O3S. The number of anilines is 5. The fourth-order valence-electron chi connectivity index (χ4n) is 4.02. The summed E-state index contributed by atoms with van der Waals surface area (Å²) in [5, 5.41) is 3.10. The molecule has 0 fully saturated rings. The molecule has 8 nitrogen and oxygen atoms in total. The minimum atomic E-state index is -3.10. The summed E-state index contributed by atoms with van der Waals surface area (Å²) in [5.74, 6) is 0.197. The average Bonchev–Trinajstić information content (AvgIpc) is 3.01. The molecule has 2 aromatic carbocycles. The van der Waals surface area contributed by atoms with Crippen molar-refractivity contribution in [3.8, 4) is 0 Å². The van der Waals surface area contributed by atoms with E-state index in [2.05, 4.69) is 15.3 Å². The number of sulfone groups is 1. The van der Waals surface area contributed by atoms with Crippen LogP contribution in [-0.2, 0) is 26.1 Å². The van der Waals surface area contributed by atoms with Crippen LogP contribution in [0.4, 0.5) is 33.2 Å². The van der Waals surface area contributed by atoms with E-state index in [0.29, 0.717) is 22.9 Å². The number of amides is 1. The predicted octanol–water partition coefficient (Wildman–Crippen LogP) is 3.29. The maximum atomic E-state index is 14.6. The molecule has 1 N–H and O–H groups in total. The van der Waals surface area contributed by atoms with E-state index in [-0.39, 0.29) is 36.3 Å². The molecule has 32 heavy (non-hydrogen) atoms. The van der Waals surface area contributed by atoms with Gasteiger partial charge in [-0.05, 0) is 35.4 Å². The summed E-state index contributed by atoms with van der Waals surface area (Å²) in [5.41, 5.74) is 2.99. The van der Waals surface area contributed by atoms with E-state index in [4.69, 9.17) is 0 Å². The Morgan fingerprint density at radius 3 is 2.66 bits per heavy atom. The first-order valence-electron chi connectivity index (χ1n) is 10.1. The van der Waals surface area contributed by atoms with E-state index < -0.39 is 15.7 Å². The number of para-hydroxylation sites is 1. The Bertz CT molecular complexity index is 1350. The number of fused-ring (bicyclic) bond motifs is 2. The van der Waals surface area contributed by atoms with Crippen molar-refractivity contribution < 1.29 is 17.6 Å². The number of rotatable bonds is 3. The van der Waals surface area contributed by atoms with Gasteiger partial charge in [0.2, 0.25) is 11.9 Å². The van der Waals surface area contributed by atoms with Gasteiger partial charge in [0.15, 0.2) is 15.7 Å². The molecule has 0 aliphatic carbocycles. The maximum Gasteiger partial charge on any atom is 0.229 e. The number of carbonyl (C=O) groups excluding carboxylic acids is 1. The maximum absolute atomic E-state index is 14.6. The number of carbonyl (C=O) groups is 1. The summed E-state index contributed by atoms with van der Waals surface area (Å²) in [6, 6.07) is 11.7. The summed E-state index contributed by atoms with van der Waals surface area (Å²) >= 11 is 0. The van der Waals surface area contributed by atoms with Crippen LogP contribution in [0.2, 0.25) is 0 Å². The van der Waals surface area contributed by atoms with Crippen LogP contribution >= 0.6 is 0 Å². The first-order chi connectivity index (χ1) is 15.3. The fourth-order valence-corrected chi connectivity index (χ4v) is 5.62. The Hall–Kier alpha value is -3.53. The van der Waals surface area contributed by atoms with E-state index >= 15 is 0 Å². The Kier molecular flexibility index (Phi) is 4.81. The summed E-state index contributed by atoms with van der Waals surface area (Å²) in [6.07, 6.45) is 1.73. The second-order valence-electron chi connectivity index (χ2n) is 7.85.